The maximum absolute atomic E-state index is 11.5. The van der Waals surface area contributed by atoms with Crippen molar-refractivity contribution in [2.45, 2.75) is 52.4 Å². The zero-order valence-corrected chi connectivity index (χ0v) is 39.5. The molecule has 0 unspecified atom stereocenters. The van der Waals surface area contributed by atoms with E-state index < -0.39 is 0 Å². The maximum atomic E-state index is 11.5. The first-order valence-electron chi connectivity index (χ1n) is 22.0. The fourth-order valence-electron chi connectivity index (χ4n) is 9.25. The second kappa shape index (κ2) is 15.1. The number of phenolic OH excluding ortho intramolecular Hbond substituents is 1. The Bertz CT molecular complexity index is 3880. The molecule has 0 spiro atoms. The van der Waals surface area contributed by atoms with Gasteiger partial charge in [0.05, 0.1) is 33.3 Å². The normalized spacial score (nSPS) is 12.3. The van der Waals surface area contributed by atoms with Crippen LogP contribution in [-0.2, 0) is 31.9 Å². The van der Waals surface area contributed by atoms with Crippen molar-refractivity contribution in [3.63, 3.8) is 0 Å². The van der Waals surface area contributed by atoms with Crippen molar-refractivity contribution in [1.29, 1.82) is 0 Å². The summed E-state index contributed by atoms with van der Waals surface area (Å²) >= 11 is 0. The number of nitrogens with zero attached hydrogens (tertiary/aromatic N) is 5. The molecule has 0 saturated carbocycles. The molecule has 326 valence electrons. The minimum atomic E-state index is -0.0833. The third kappa shape index (κ3) is 6.57. The molecule has 0 amide bonds. The van der Waals surface area contributed by atoms with Gasteiger partial charge in [0.15, 0.2) is 11.2 Å². The molecule has 0 aliphatic carbocycles. The number of fused-ring (bicyclic) bond motifs is 9. The van der Waals surface area contributed by atoms with E-state index in [4.69, 9.17) is 23.9 Å². The van der Waals surface area contributed by atoms with Gasteiger partial charge < -0.3 is 14.0 Å². The Morgan fingerprint density at radius 1 is 0.606 bits per heavy atom. The molecule has 8 nitrogen and oxygen atoms in total. The molecule has 9 heteroatoms. The molecule has 7 aromatic carbocycles. The third-order valence-electron chi connectivity index (χ3n) is 12.8. The Kier molecular flexibility index (Phi) is 9.51. The van der Waals surface area contributed by atoms with Crippen LogP contribution in [0, 0.1) is 6.07 Å². The van der Waals surface area contributed by atoms with E-state index in [1.807, 2.05) is 54.6 Å². The molecule has 0 atom stereocenters. The Hall–Kier alpha value is -7.28. The summed E-state index contributed by atoms with van der Waals surface area (Å²) in [5.41, 5.74) is 15.2. The average molecular weight is 1040 g/mol. The van der Waals surface area contributed by atoms with Gasteiger partial charge in [0.25, 0.3) is 0 Å². The van der Waals surface area contributed by atoms with E-state index in [9.17, 15) is 5.11 Å². The number of benzene rings is 7. The minimum absolute atomic E-state index is 0. The van der Waals surface area contributed by atoms with Crippen LogP contribution in [0.5, 0.6) is 5.75 Å². The van der Waals surface area contributed by atoms with E-state index in [1.165, 1.54) is 11.1 Å². The van der Waals surface area contributed by atoms with Crippen molar-refractivity contribution >= 4 is 60.6 Å². The number of imidazole rings is 2. The maximum Gasteiger partial charge on any atom is 0.181 e. The molecular weight excluding hydrogens is 998 g/mol. The number of aromatic nitrogens is 5. The zero-order chi connectivity index (χ0) is 44.4. The van der Waals surface area contributed by atoms with E-state index in [2.05, 4.69) is 137 Å². The predicted molar refractivity (Wildman–Crippen MR) is 262 cm³/mol. The monoisotopic (exact) mass is 1040 g/mol. The third-order valence-corrected chi connectivity index (χ3v) is 12.8. The molecule has 5 heterocycles. The Balaban J connectivity index is 0.00000481. The van der Waals surface area contributed by atoms with Crippen LogP contribution in [0.3, 0.4) is 0 Å². The summed E-state index contributed by atoms with van der Waals surface area (Å²) in [5, 5.41) is 14.4. The van der Waals surface area contributed by atoms with E-state index in [0.717, 1.165) is 83.0 Å². The second-order valence-electron chi connectivity index (χ2n) is 19.0. The van der Waals surface area contributed by atoms with Crippen molar-refractivity contribution in [1.82, 2.24) is 24.1 Å². The summed E-state index contributed by atoms with van der Waals surface area (Å²) in [4.78, 5) is 15.4. The van der Waals surface area contributed by atoms with E-state index >= 15 is 0 Å². The van der Waals surface area contributed by atoms with Gasteiger partial charge in [-0.15, -0.1) is 17.7 Å². The van der Waals surface area contributed by atoms with Crippen LogP contribution in [0.15, 0.2) is 161 Å². The van der Waals surface area contributed by atoms with Gasteiger partial charge in [-0.2, -0.15) is 4.57 Å². The van der Waals surface area contributed by atoms with Crippen LogP contribution < -0.4 is 0 Å². The van der Waals surface area contributed by atoms with Crippen LogP contribution >= 0.6 is 0 Å². The van der Waals surface area contributed by atoms with Crippen LogP contribution in [0.25, 0.3) is 111 Å². The number of aromatic hydroxyl groups is 1. The summed E-state index contributed by atoms with van der Waals surface area (Å²) in [5.74, 6) is 0.770. The van der Waals surface area contributed by atoms with Gasteiger partial charge in [-0.3, -0.25) is 9.55 Å². The standard InChI is InChI=1S/C57H44N5O3.Pt/c1-56(2,3)35-24-26-46(41(29-35)33-15-8-7-9-16-33)61-47-20-14-19-37(52(47)60-54(61)39-17-10-12-21-49(39)63)34-27-42-38-25-23-36(57(4,5)6)30-51(38)64-53(42)43(28-34)44-31-48-45(32-58-44)59-55-40-18-11-13-22-50(40)65-62(48)55;/h7-27,29-32,63H,1-6H3;/q-1;. The first-order valence-corrected chi connectivity index (χ1v) is 22.0. The van der Waals surface area contributed by atoms with Gasteiger partial charge in [-0.25, -0.2) is 9.97 Å². The number of para-hydroxylation sites is 3. The molecule has 0 radical (unpaired) electrons. The first-order chi connectivity index (χ1) is 31.4. The molecule has 0 bridgehead atoms. The van der Waals surface area contributed by atoms with Crippen LogP contribution in [-0.4, -0.2) is 29.2 Å². The number of hydrogen-bond acceptors (Lipinski definition) is 6. The van der Waals surface area contributed by atoms with Crippen molar-refractivity contribution in [3.05, 3.63) is 169 Å². The topological polar surface area (TPSA) is 94.5 Å². The quantitative estimate of drug-likeness (QED) is 0.173. The van der Waals surface area contributed by atoms with Crippen LogP contribution in [0.4, 0.5) is 0 Å². The summed E-state index contributed by atoms with van der Waals surface area (Å²) in [6.45, 7) is 13.3. The van der Waals surface area contributed by atoms with Gasteiger partial charge in [-0.1, -0.05) is 138 Å². The summed E-state index contributed by atoms with van der Waals surface area (Å²) < 4.78 is 17.2. The van der Waals surface area contributed by atoms with Gasteiger partial charge >= 0.3 is 0 Å². The molecule has 5 aromatic heterocycles. The van der Waals surface area contributed by atoms with E-state index in [0.29, 0.717) is 28.2 Å². The zero-order valence-electron chi connectivity index (χ0n) is 37.2. The Morgan fingerprint density at radius 2 is 1.33 bits per heavy atom. The van der Waals surface area contributed by atoms with Gasteiger partial charge in [0, 0.05) is 43.9 Å². The molecule has 0 aliphatic rings. The van der Waals surface area contributed by atoms with Crippen LogP contribution in [0.1, 0.15) is 52.7 Å². The second-order valence-corrected chi connectivity index (χ2v) is 19.0. The number of pyridine rings is 1. The van der Waals surface area contributed by atoms with Crippen molar-refractivity contribution in [2.24, 2.45) is 0 Å². The van der Waals surface area contributed by atoms with Crippen LogP contribution in [0.2, 0.25) is 0 Å². The molecule has 0 saturated heterocycles. The van der Waals surface area contributed by atoms with Crippen molar-refractivity contribution in [3.8, 4) is 56.3 Å². The number of furan rings is 1. The number of hydrogen-bond donors (Lipinski definition) is 1. The van der Waals surface area contributed by atoms with E-state index in [1.54, 1.807) is 16.8 Å². The van der Waals surface area contributed by atoms with Gasteiger partial charge in [0.2, 0.25) is 0 Å². The molecule has 0 aliphatic heterocycles. The molecule has 1 N–H and O–H groups in total. The predicted octanol–water partition coefficient (Wildman–Crippen LogP) is 14.6. The average Bonchev–Trinajstić information content (AvgIpc) is 4.07. The summed E-state index contributed by atoms with van der Waals surface area (Å²) in [6, 6.07) is 53.3. The first kappa shape index (κ1) is 41.4. The SMILES string of the molecule is CC(C)(C)c1ccc(-n2c(-c3ccccc3O)nc3c(-c4[c-]c(-c5cc6c(cn5)nc5c7ccccc7on65)c5oc6cc(C(C)(C)C)ccc6c5c4)cccc32)c(-c2ccccc2)c1.[Pt]. The fourth-order valence-corrected chi connectivity index (χ4v) is 9.25. The van der Waals surface area contributed by atoms with E-state index in [-0.39, 0.29) is 37.6 Å². The molecule has 66 heavy (non-hydrogen) atoms. The number of phenols is 1. The largest absolute Gasteiger partial charge is 0.507 e. The fraction of sp³-hybridized carbons (Fsp3) is 0.140. The Labute approximate surface area is 395 Å². The smallest absolute Gasteiger partial charge is 0.181 e. The molecule has 0 fully saturated rings. The summed E-state index contributed by atoms with van der Waals surface area (Å²) in [7, 11) is 0. The van der Waals surface area contributed by atoms with Gasteiger partial charge in [-0.05, 0) is 87.5 Å². The van der Waals surface area contributed by atoms with Gasteiger partial charge in [0.1, 0.15) is 28.2 Å². The number of rotatable bonds is 5. The Morgan fingerprint density at radius 3 is 2.14 bits per heavy atom. The van der Waals surface area contributed by atoms with Crippen molar-refractivity contribution in [2.75, 3.05) is 0 Å². The molecular formula is C57H44N5O3Pt-. The molecule has 12 aromatic rings. The van der Waals surface area contributed by atoms with Crippen molar-refractivity contribution < 1.29 is 35.1 Å². The molecule has 12 rings (SSSR count). The minimum Gasteiger partial charge on any atom is -0.507 e. The summed E-state index contributed by atoms with van der Waals surface area (Å²) in [6.07, 6.45) is 1.80.